The molecule has 5 rings (SSSR count). The van der Waals surface area contributed by atoms with Gasteiger partial charge in [-0.15, -0.1) is 25.7 Å². The van der Waals surface area contributed by atoms with E-state index in [1.165, 1.54) is 0 Å². The van der Waals surface area contributed by atoms with E-state index in [0.717, 1.165) is 64.0 Å². The van der Waals surface area contributed by atoms with Gasteiger partial charge in [0.05, 0.1) is 0 Å². The second-order valence-corrected chi connectivity index (χ2v) is 7.49. The van der Waals surface area contributed by atoms with Crippen molar-refractivity contribution >= 4 is 0 Å². The molecule has 0 amide bonds. The lowest BCUT2D eigenvalue weighted by Gasteiger charge is -2.08. The first-order valence-electron chi connectivity index (χ1n) is 10.1. The zero-order chi connectivity index (χ0) is 22.2. The Morgan fingerprint density at radius 3 is 0.750 bits per heavy atom. The van der Waals surface area contributed by atoms with Crippen molar-refractivity contribution in [1.29, 1.82) is 0 Å². The Morgan fingerprint density at radius 1 is 0.344 bits per heavy atom. The molecule has 0 unspecified atom stereocenters. The Labute approximate surface area is 186 Å². The van der Waals surface area contributed by atoms with Crippen molar-refractivity contribution in [2.24, 2.45) is 0 Å². The van der Waals surface area contributed by atoms with Gasteiger partial charge in [0.1, 0.15) is 0 Å². The highest BCUT2D eigenvalue weighted by Crippen LogP contribution is 2.19. The van der Waals surface area contributed by atoms with Gasteiger partial charge in [-0.2, -0.15) is 0 Å². The zero-order valence-corrected chi connectivity index (χ0v) is 17.2. The maximum atomic E-state index is 5.97. The molecule has 0 atom stereocenters. The lowest BCUT2D eigenvalue weighted by molar-refractivity contribution is 1.26. The van der Waals surface area contributed by atoms with Crippen molar-refractivity contribution < 1.29 is 0 Å². The van der Waals surface area contributed by atoms with Crippen LogP contribution in [0, 0.1) is 91.1 Å². The van der Waals surface area contributed by atoms with Gasteiger partial charge in [-0.25, -0.2) is 0 Å². The van der Waals surface area contributed by atoms with Crippen molar-refractivity contribution in [3.8, 4) is 49.4 Å². The molecule has 4 aromatic rings. The molecule has 0 saturated carbocycles. The van der Waals surface area contributed by atoms with E-state index in [9.17, 15) is 0 Å². The molecule has 0 spiro atoms. The van der Waals surface area contributed by atoms with Gasteiger partial charge in [0.25, 0.3) is 0 Å². The summed E-state index contributed by atoms with van der Waals surface area (Å²) < 4.78 is 0. The molecule has 1 aliphatic carbocycles. The van der Waals surface area contributed by atoms with Crippen molar-refractivity contribution in [3.05, 3.63) is 137 Å². The topological polar surface area (TPSA) is 0 Å². The van der Waals surface area contributed by atoms with Crippen LogP contribution in [-0.2, 0) is 0 Å². The minimum absolute atomic E-state index is 0.778. The van der Waals surface area contributed by atoms with Crippen molar-refractivity contribution in [2.45, 2.75) is 0 Å². The molecule has 0 N–H and O–H groups in total. The van der Waals surface area contributed by atoms with Crippen molar-refractivity contribution in [2.75, 3.05) is 0 Å². The van der Waals surface area contributed by atoms with E-state index in [4.69, 9.17) is 25.7 Å². The molecule has 0 aliphatic heterocycles. The molecule has 0 nitrogen and oxygen atoms in total. The molecule has 0 radical (unpaired) electrons. The minimum Gasteiger partial charge on any atom is -0.115 e. The van der Waals surface area contributed by atoms with E-state index >= 15 is 0 Å². The van der Waals surface area contributed by atoms with Crippen LogP contribution in [0.2, 0.25) is 0 Å². The average molecular weight is 400 g/mol. The molecule has 0 heterocycles. The van der Waals surface area contributed by atoms with E-state index in [1.54, 1.807) is 0 Å². The van der Waals surface area contributed by atoms with Crippen LogP contribution < -0.4 is 0 Å². The second kappa shape index (κ2) is 7.42. The SMILES string of the molecule is C#Cc1cccc2c1=c1c(C#C)cccc1=c1cccc(C#C)c1=c1c(C#C)cccc1=2. The van der Waals surface area contributed by atoms with Gasteiger partial charge < -0.3 is 0 Å². The molecular formula is C32H16. The summed E-state index contributed by atoms with van der Waals surface area (Å²) in [5.41, 5.74) is 3.11. The lowest BCUT2D eigenvalue weighted by Crippen LogP contribution is -1.97. The normalized spacial score (nSPS) is 10.4. The highest BCUT2D eigenvalue weighted by Gasteiger charge is 2.08. The summed E-state index contributed by atoms with van der Waals surface area (Å²) in [6.45, 7) is 0. The molecule has 32 heavy (non-hydrogen) atoms. The summed E-state index contributed by atoms with van der Waals surface area (Å²) >= 11 is 0. The Morgan fingerprint density at radius 2 is 0.562 bits per heavy atom. The molecule has 144 valence electrons. The molecular weight excluding hydrogens is 384 g/mol. The summed E-state index contributed by atoms with van der Waals surface area (Å²) in [7, 11) is 0. The van der Waals surface area contributed by atoms with Gasteiger partial charge in [-0.1, -0.05) is 72.2 Å². The predicted octanol–water partition coefficient (Wildman–Crippen LogP) is 5.07. The van der Waals surface area contributed by atoms with E-state index in [-0.39, 0.29) is 0 Å². The largest absolute Gasteiger partial charge is 0.115 e. The third-order valence-corrected chi connectivity index (χ3v) is 5.96. The van der Waals surface area contributed by atoms with Crippen LogP contribution in [0.5, 0.6) is 0 Å². The van der Waals surface area contributed by atoms with Crippen molar-refractivity contribution in [1.82, 2.24) is 0 Å². The van der Waals surface area contributed by atoms with Crippen LogP contribution in [0.4, 0.5) is 0 Å². The molecule has 0 aromatic heterocycles. The first-order chi connectivity index (χ1) is 15.7. The lowest BCUT2D eigenvalue weighted by atomic mass is 9.94. The molecule has 0 saturated heterocycles. The highest BCUT2D eigenvalue weighted by molar-refractivity contribution is 5.48. The zero-order valence-electron chi connectivity index (χ0n) is 17.2. The van der Waals surface area contributed by atoms with Gasteiger partial charge in [-0.05, 0) is 45.1 Å². The molecule has 0 heteroatoms. The van der Waals surface area contributed by atoms with Crippen LogP contribution >= 0.6 is 0 Å². The van der Waals surface area contributed by atoms with Gasteiger partial charge >= 0.3 is 0 Å². The van der Waals surface area contributed by atoms with Gasteiger partial charge in [-0.3, -0.25) is 0 Å². The van der Waals surface area contributed by atoms with Crippen LogP contribution in [0.25, 0.3) is 0 Å². The van der Waals surface area contributed by atoms with Crippen LogP contribution in [0.3, 0.4) is 0 Å². The van der Waals surface area contributed by atoms with E-state index in [0.29, 0.717) is 0 Å². The fourth-order valence-corrected chi connectivity index (χ4v) is 4.67. The maximum Gasteiger partial charge on any atom is 0.0327 e. The third-order valence-electron chi connectivity index (χ3n) is 5.96. The van der Waals surface area contributed by atoms with Gasteiger partial charge in [0, 0.05) is 43.1 Å². The molecule has 4 aromatic carbocycles. The third kappa shape index (κ3) is 2.59. The first-order valence-corrected chi connectivity index (χ1v) is 10.1. The van der Waals surface area contributed by atoms with E-state index in [2.05, 4.69) is 47.9 Å². The second-order valence-electron chi connectivity index (χ2n) is 7.49. The number of benzene rings is 4. The van der Waals surface area contributed by atoms with Gasteiger partial charge in [0.15, 0.2) is 0 Å². The number of hydrogen-bond acceptors (Lipinski definition) is 0. The van der Waals surface area contributed by atoms with Gasteiger partial charge in [0.2, 0.25) is 0 Å². The smallest absolute Gasteiger partial charge is 0.0327 e. The van der Waals surface area contributed by atoms with E-state index < -0.39 is 0 Å². The van der Waals surface area contributed by atoms with E-state index in [1.807, 2.05) is 48.5 Å². The standard InChI is InChI=1S/C32H16/c1-5-21-13-9-17-25-26-18-11-15-23(7-3)31(26)32-24(8-4)16-12-20-28(32)27-19-10-14-22(6-2)30(27)29(21)25/h1-4,9-20H. The summed E-state index contributed by atoms with van der Waals surface area (Å²) in [5.74, 6) is 11.4. The number of fused-ring (bicyclic) bond motifs is 4. The first kappa shape index (κ1) is 19.1. The summed E-state index contributed by atoms with van der Waals surface area (Å²) in [4.78, 5) is 0. The van der Waals surface area contributed by atoms with Crippen LogP contribution in [0.1, 0.15) is 22.3 Å². The summed E-state index contributed by atoms with van der Waals surface area (Å²) in [6.07, 6.45) is 23.9. The fraction of sp³-hybridized carbons (Fsp3) is 0. The Bertz CT molecular complexity index is 1720. The minimum atomic E-state index is 0.778. The fourth-order valence-electron chi connectivity index (χ4n) is 4.67. The quantitative estimate of drug-likeness (QED) is 0.318. The Hall–Kier alpha value is -4.88. The Kier molecular flexibility index (Phi) is 4.43. The molecule has 0 bridgehead atoms. The number of rotatable bonds is 0. The average Bonchev–Trinajstić information content (AvgIpc) is 2.85. The highest BCUT2D eigenvalue weighted by atomic mass is 14.1. The monoisotopic (exact) mass is 400 g/mol. The van der Waals surface area contributed by atoms with Crippen LogP contribution in [0.15, 0.2) is 72.8 Å². The molecule has 1 aliphatic rings. The van der Waals surface area contributed by atoms with Crippen molar-refractivity contribution in [3.63, 3.8) is 0 Å². The predicted molar refractivity (Wildman–Crippen MR) is 128 cm³/mol. The summed E-state index contributed by atoms with van der Waals surface area (Å²) in [5, 5.41) is 7.67. The van der Waals surface area contributed by atoms with Crippen LogP contribution in [-0.4, -0.2) is 0 Å². The maximum absolute atomic E-state index is 5.97. The summed E-state index contributed by atoms with van der Waals surface area (Å²) in [6, 6.07) is 23.9. The molecule has 0 fully saturated rings. The Balaban J connectivity index is 2.56. The number of hydrogen-bond donors (Lipinski definition) is 0. The number of terminal acetylenes is 4.